The molecule has 0 bridgehead atoms. The number of hydrogen-bond donors (Lipinski definition) is 1. The minimum Gasteiger partial charge on any atom is -0.390 e. The molecule has 1 atom stereocenters. The van der Waals surface area contributed by atoms with E-state index in [1.54, 1.807) is 0 Å². The van der Waals surface area contributed by atoms with Crippen LogP contribution in [0.1, 0.15) is 53.9 Å². The molecule has 0 aliphatic heterocycles. The van der Waals surface area contributed by atoms with Crippen LogP contribution < -0.4 is 0 Å². The minimum absolute atomic E-state index is 0.00871. The topological polar surface area (TPSA) is 32.6 Å². The van der Waals surface area contributed by atoms with Gasteiger partial charge in [-0.3, -0.25) is 4.99 Å². The SMILES string of the molecule is C\C=C(CO)/N=C/C(CC(C)CC)=C(/C)CC. The van der Waals surface area contributed by atoms with Gasteiger partial charge in [-0.05, 0) is 38.2 Å². The predicted octanol–water partition coefficient (Wildman–Crippen LogP) is 4.12. The van der Waals surface area contributed by atoms with E-state index < -0.39 is 0 Å². The van der Waals surface area contributed by atoms with Crippen molar-refractivity contribution in [3.05, 3.63) is 22.9 Å². The van der Waals surface area contributed by atoms with Gasteiger partial charge < -0.3 is 5.11 Å². The third kappa shape index (κ3) is 6.42. The molecule has 0 aliphatic carbocycles. The fourth-order valence-corrected chi connectivity index (χ4v) is 1.45. The van der Waals surface area contributed by atoms with Crippen LogP contribution in [0, 0.1) is 5.92 Å². The molecule has 0 saturated carbocycles. The van der Waals surface area contributed by atoms with Crippen LogP contribution in [-0.4, -0.2) is 17.9 Å². The average Bonchev–Trinajstić information content (AvgIpc) is 2.37. The molecule has 1 unspecified atom stereocenters. The molecule has 0 heterocycles. The molecule has 2 heteroatoms. The van der Waals surface area contributed by atoms with Gasteiger partial charge in [-0.15, -0.1) is 0 Å². The molecule has 0 saturated heterocycles. The van der Waals surface area contributed by atoms with Crippen LogP contribution in [0.5, 0.6) is 0 Å². The first-order valence-electron chi connectivity index (χ1n) is 6.57. The summed E-state index contributed by atoms with van der Waals surface area (Å²) in [7, 11) is 0. The van der Waals surface area contributed by atoms with Gasteiger partial charge in [-0.2, -0.15) is 0 Å². The van der Waals surface area contributed by atoms with E-state index in [0.717, 1.165) is 18.5 Å². The highest BCUT2D eigenvalue weighted by Crippen LogP contribution is 2.18. The molecule has 0 aromatic heterocycles. The van der Waals surface area contributed by atoms with Gasteiger partial charge in [0.15, 0.2) is 0 Å². The summed E-state index contributed by atoms with van der Waals surface area (Å²) in [5.74, 6) is 0.682. The third-order valence-electron chi connectivity index (χ3n) is 3.23. The van der Waals surface area contributed by atoms with E-state index in [4.69, 9.17) is 5.11 Å². The van der Waals surface area contributed by atoms with Crippen molar-refractivity contribution >= 4 is 6.21 Å². The van der Waals surface area contributed by atoms with E-state index in [9.17, 15) is 0 Å². The first kappa shape index (κ1) is 16.1. The zero-order valence-corrected chi connectivity index (χ0v) is 12.0. The zero-order valence-electron chi connectivity index (χ0n) is 12.0. The Labute approximate surface area is 106 Å². The second kappa shape index (κ2) is 9.17. The number of nitrogens with zero attached hydrogens (tertiary/aromatic N) is 1. The monoisotopic (exact) mass is 237 g/mol. The first-order valence-corrected chi connectivity index (χ1v) is 6.57. The Balaban J connectivity index is 4.85. The zero-order chi connectivity index (χ0) is 13.3. The lowest BCUT2D eigenvalue weighted by Gasteiger charge is -2.12. The van der Waals surface area contributed by atoms with Crippen molar-refractivity contribution in [2.45, 2.75) is 53.9 Å². The first-order chi connectivity index (χ1) is 8.08. The Hall–Kier alpha value is -0.890. The average molecular weight is 237 g/mol. The Morgan fingerprint density at radius 2 is 2.00 bits per heavy atom. The van der Waals surface area contributed by atoms with Gasteiger partial charge in [-0.1, -0.05) is 38.8 Å². The summed E-state index contributed by atoms with van der Waals surface area (Å²) in [6.45, 7) is 10.7. The van der Waals surface area contributed by atoms with Crippen molar-refractivity contribution in [1.82, 2.24) is 0 Å². The Bertz CT molecular complexity index is 300. The smallest absolute Gasteiger partial charge is 0.0849 e. The molecule has 0 aromatic rings. The molecule has 0 rings (SSSR count). The van der Waals surface area contributed by atoms with Crippen molar-refractivity contribution in [3.8, 4) is 0 Å². The van der Waals surface area contributed by atoms with E-state index in [1.807, 2.05) is 19.2 Å². The molecule has 0 aliphatic rings. The largest absolute Gasteiger partial charge is 0.390 e. The van der Waals surface area contributed by atoms with Crippen molar-refractivity contribution in [3.63, 3.8) is 0 Å². The lowest BCUT2D eigenvalue weighted by atomic mass is 9.95. The molecular weight excluding hydrogens is 210 g/mol. The Morgan fingerprint density at radius 1 is 1.35 bits per heavy atom. The summed E-state index contributed by atoms with van der Waals surface area (Å²) < 4.78 is 0. The maximum absolute atomic E-state index is 9.06. The predicted molar refractivity (Wildman–Crippen MR) is 76.4 cm³/mol. The van der Waals surface area contributed by atoms with Gasteiger partial charge in [0.05, 0.1) is 12.3 Å². The molecule has 1 N–H and O–H groups in total. The maximum atomic E-state index is 9.06. The summed E-state index contributed by atoms with van der Waals surface area (Å²) in [6, 6.07) is 0. The second-order valence-electron chi connectivity index (χ2n) is 4.57. The molecule has 0 fully saturated rings. The number of rotatable bonds is 7. The lowest BCUT2D eigenvalue weighted by Crippen LogP contribution is -2.00. The van der Waals surface area contributed by atoms with Crippen LogP contribution in [0.4, 0.5) is 0 Å². The molecule has 0 spiro atoms. The summed E-state index contributed by atoms with van der Waals surface area (Å²) in [5, 5.41) is 9.06. The quantitative estimate of drug-likeness (QED) is 0.664. The summed E-state index contributed by atoms with van der Waals surface area (Å²) in [4.78, 5) is 4.35. The van der Waals surface area contributed by atoms with E-state index in [1.165, 1.54) is 17.6 Å². The summed E-state index contributed by atoms with van der Waals surface area (Å²) in [6.07, 6.45) is 7.09. The van der Waals surface area contributed by atoms with Gasteiger partial charge in [0.1, 0.15) is 0 Å². The van der Waals surface area contributed by atoms with Crippen LogP contribution >= 0.6 is 0 Å². The van der Waals surface area contributed by atoms with E-state index >= 15 is 0 Å². The molecule has 0 radical (unpaired) electrons. The summed E-state index contributed by atoms with van der Waals surface area (Å²) in [5.41, 5.74) is 3.44. The fraction of sp³-hybridized carbons (Fsp3) is 0.667. The number of allylic oxidation sites excluding steroid dienone is 3. The second-order valence-corrected chi connectivity index (χ2v) is 4.57. The lowest BCUT2D eigenvalue weighted by molar-refractivity contribution is 0.330. The fourth-order valence-electron chi connectivity index (χ4n) is 1.45. The Morgan fingerprint density at radius 3 is 2.41 bits per heavy atom. The highest BCUT2D eigenvalue weighted by molar-refractivity contribution is 5.80. The van der Waals surface area contributed by atoms with Crippen LogP contribution in [0.3, 0.4) is 0 Å². The van der Waals surface area contributed by atoms with Crippen LogP contribution in [0.15, 0.2) is 27.9 Å². The van der Waals surface area contributed by atoms with Crippen molar-refractivity contribution in [1.29, 1.82) is 0 Å². The standard InChI is InChI=1S/C15H27NO/c1-6-12(4)9-14(13(5)7-2)10-16-15(8-3)11-17/h8,10,12,17H,6-7,9,11H2,1-5H3/b14-13-,15-8-,16-10+. The highest BCUT2D eigenvalue weighted by Gasteiger charge is 2.05. The number of hydrogen-bond acceptors (Lipinski definition) is 2. The van der Waals surface area contributed by atoms with Gasteiger partial charge in [0.2, 0.25) is 0 Å². The summed E-state index contributed by atoms with van der Waals surface area (Å²) >= 11 is 0. The molecular formula is C15H27NO. The van der Waals surface area contributed by atoms with Gasteiger partial charge in [0, 0.05) is 6.21 Å². The number of aliphatic hydroxyl groups excluding tert-OH is 1. The van der Waals surface area contributed by atoms with Gasteiger partial charge in [-0.25, -0.2) is 0 Å². The number of aliphatic imine (C=N–C) groups is 1. The van der Waals surface area contributed by atoms with E-state index in [-0.39, 0.29) is 6.61 Å². The molecule has 17 heavy (non-hydrogen) atoms. The maximum Gasteiger partial charge on any atom is 0.0849 e. The van der Waals surface area contributed by atoms with Gasteiger partial charge >= 0.3 is 0 Å². The van der Waals surface area contributed by atoms with E-state index in [0.29, 0.717) is 5.92 Å². The van der Waals surface area contributed by atoms with Crippen LogP contribution in [0.2, 0.25) is 0 Å². The van der Waals surface area contributed by atoms with Crippen molar-refractivity contribution in [2.75, 3.05) is 6.61 Å². The third-order valence-corrected chi connectivity index (χ3v) is 3.23. The van der Waals surface area contributed by atoms with Crippen LogP contribution in [0.25, 0.3) is 0 Å². The molecule has 0 aromatic carbocycles. The highest BCUT2D eigenvalue weighted by atomic mass is 16.3. The Kier molecular flexibility index (Phi) is 8.69. The van der Waals surface area contributed by atoms with E-state index in [2.05, 4.69) is 32.7 Å². The molecule has 0 amide bonds. The number of aliphatic hydroxyl groups is 1. The van der Waals surface area contributed by atoms with Crippen molar-refractivity contribution < 1.29 is 5.11 Å². The van der Waals surface area contributed by atoms with Crippen LogP contribution in [-0.2, 0) is 0 Å². The minimum atomic E-state index is 0.00871. The van der Waals surface area contributed by atoms with Crippen molar-refractivity contribution in [2.24, 2.45) is 10.9 Å². The molecule has 2 nitrogen and oxygen atoms in total. The normalized spacial score (nSPS) is 16.2. The molecule has 98 valence electrons. The van der Waals surface area contributed by atoms with Gasteiger partial charge in [0.25, 0.3) is 0 Å².